The second-order valence-electron chi connectivity index (χ2n) is 7.82. The van der Waals surface area contributed by atoms with Crippen molar-refractivity contribution in [1.29, 1.82) is 0 Å². The third-order valence-electron chi connectivity index (χ3n) is 5.77. The monoisotopic (exact) mass is 462 g/mol. The van der Waals surface area contributed by atoms with E-state index in [1.807, 2.05) is 6.07 Å². The van der Waals surface area contributed by atoms with Gasteiger partial charge in [-0.2, -0.15) is 4.98 Å². The summed E-state index contributed by atoms with van der Waals surface area (Å²) in [6.45, 7) is 3.57. The summed E-state index contributed by atoms with van der Waals surface area (Å²) in [5.74, 6) is -1.36. The Morgan fingerprint density at radius 1 is 1.18 bits per heavy atom. The Bertz CT molecular complexity index is 1270. The maximum absolute atomic E-state index is 12.9. The maximum atomic E-state index is 12.9. The summed E-state index contributed by atoms with van der Waals surface area (Å²) in [5.41, 5.74) is 2.81. The molecule has 0 spiro atoms. The molecule has 3 N–H and O–H groups in total. The minimum absolute atomic E-state index is 0.0379. The number of piperazine rings is 1. The van der Waals surface area contributed by atoms with Crippen LogP contribution in [0.5, 0.6) is 0 Å². The minimum atomic E-state index is -0.526. The average Bonchev–Trinajstić information content (AvgIpc) is 3.49. The van der Waals surface area contributed by atoms with Crippen LogP contribution in [0, 0.1) is 0 Å². The Labute approximate surface area is 194 Å². The fraction of sp³-hybridized carbons (Fsp3) is 0.273. The summed E-state index contributed by atoms with van der Waals surface area (Å²) >= 11 is 0. The first-order chi connectivity index (χ1) is 16.5. The number of H-pyrrole nitrogens is 1. The maximum Gasteiger partial charge on any atom is 0.337 e. The number of hydrogen-bond donors (Lipinski definition) is 3. The number of carbonyl (C=O) groups is 3. The highest BCUT2D eigenvalue weighted by molar-refractivity contribution is 6.10. The molecular weight excluding hydrogens is 440 g/mol. The number of carbonyl (C=O) groups excluding carboxylic acids is 3. The van der Waals surface area contributed by atoms with E-state index in [4.69, 9.17) is 4.74 Å². The molecule has 174 valence electrons. The van der Waals surface area contributed by atoms with Gasteiger partial charge in [0.2, 0.25) is 5.82 Å². The van der Waals surface area contributed by atoms with Crippen LogP contribution in [0.1, 0.15) is 36.9 Å². The average molecular weight is 462 g/mol. The highest BCUT2D eigenvalue weighted by Crippen LogP contribution is 2.28. The number of benzene rings is 1. The Hall–Kier alpha value is -4.32. The fourth-order valence-corrected chi connectivity index (χ4v) is 4.03. The summed E-state index contributed by atoms with van der Waals surface area (Å²) < 4.78 is 4.72. The van der Waals surface area contributed by atoms with Gasteiger partial charge < -0.3 is 20.3 Å². The first-order valence-corrected chi connectivity index (χ1v) is 10.7. The molecule has 0 saturated carbocycles. The van der Waals surface area contributed by atoms with Crippen molar-refractivity contribution in [1.82, 2.24) is 25.5 Å². The van der Waals surface area contributed by atoms with Crippen molar-refractivity contribution in [2.24, 2.45) is 0 Å². The predicted molar refractivity (Wildman–Crippen MR) is 122 cm³/mol. The van der Waals surface area contributed by atoms with Crippen LogP contribution < -0.4 is 20.4 Å². The van der Waals surface area contributed by atoms with Gasteiger partial charge in [-0.1, -0.05) is 6.07 Å². The van der Waals surface area contributed by atoms with Gasteiger partial charge in [0.15, 0.2) is 0 Å². The zero-order valence-electron chi connectivity index (χ0n) is 18.4. The van der Waals surface area contributed by atoms with Crippen LogP contribution in [0.4, 0.5) is 17.3 Å². The van der Waals surface area contributed by atoms with Gasteiger partial charge in [-0.3, -0.25) is 24.6 Å². The zero-order valence-corrected chi connectivity index (χ0v) is 18.4. The molecule has 2 aliphatic rings. The van der Waals surface area contributed by atoms with E-state index in [0.29, 0.717) is 11.3 Å². The van der Waals surface area contributed by atoms with Gasteiger partial charge in [0, 0.05) is 37.9 Å². The van der Waals surface area contributed by atoms with Crippen molar-refractivity contribution in [3.05, 3.63) is 59.2 Å². The summed E-state index contributed by atoms with van der Waals surface area (Å²) in [5, 5.41) is 12.8. The van der Waals surface area contributed by atoms with Crippen LogP contribution in [0.2, 0.25) is 0 Å². The number of rotatable bonds is 5. The topological polar surface area (TPSA) is 145 Å². The summed E-state index contributed by atoms with van der Waals surface area (Å²) in [6.07, 6.45) is 3.27. The minimum Gasteiger partial charge on any atom is -0.465 e. The standard InChI is InChI=1S/C22H22N8O4/c1-34-21(33)13-2-3-14-12-30(20(32)15(14)10-13)22-26-18(27-28-22)19(31)25-16-11-24-5-4-17(16)29-8-6-23-7-9-29/h2-5,10-11,23H,6-9,12H2,1H3,(H,25,31)(H,26,27,28). The number of fused-ring (bicyclic) bond motifs is 1. The largest absolute Gasteiger partial charge is 0.465 e. The van der Waals surface area contributed by atoms with E-state index in [1.54, 1.807) is 24.5 Å². The molecule has 1 saturated heterocycles. The first kappa shape index (κ1) is 21.5. The Kier molecular flexibility index (Phi) is 5.64. The molecule has 12 nitrogen and oxygen atoms in total. The zero-order chi connectivity index (χ0) is 23.7. The van der Waals surface area contributed by atoms with Gasteiger partial charge in [-0.15, -0.1) is 5.10 Å². The number of aromatic nitrogens is 4. The number of pyridine rings is 1. The van der Waals surface area contributed by atoms with Crippen molar-refractivity contribution in [3.8, 4) is 0 Å². The number of hydrogen-bond acceptors (Lipinski definition) is 9. The van der Waals surface area contributed by atoms with Gasteiger partial charge in [-0.25, -0.2) is 4.79 Å². The lowest BCUT2D eigenvalue weighted by molar-refractivity contribution is 0.0600. The molecule has 0 aliphatic carbocycles. The molecule has 34 heavy (non-hydrogen) atoms. The van der Waals surface area contributed by atoms with Gasteiger partial charge in [-0.05, 0) is 23.8 Å². The van der Waals surface area contributed by atoms with Gasteiger partial charge in [0.1, 0.15) is 0 Å². The van der Waals surface area contributed by atoms with Crippen LogP contribution in [-0.4, -0.2) is 71.2 Å². The lowest BCUT2D eigenvalue weighted by atomic mass is 10.1. The molecule has 3 aromatic rings. The molecule has 0 atom stereocenters. The second kappa shape index (κ2) is 8.90. The Morgan fingerprint density at radius 3 is 2.79 bits per heavy atom. The summed E-state index contributed by atoms with van der Waals surface area (Å²) in [4.78, 5) is 49.4. The molecule has 4 heterocycles. The number of esters is 1. The molecule has 1 fully saturated rings. The van der Waals surface area contributed by atoms with Crippen molar-refractivity contribution in [3.63, 3.8) is 0 Å². The quantitative estimate of drug-likeness (QED) is 0.469. The molecule has 12 heteroatoms. The molecule has 0 radical (unpaired) electrons. The highest BCUT2D eigenvalue weighted by Gasteiger charge is 2.32. The Balaban J connectivity index is 1.32. The Morgan fingerprint density at radius 2 is 2.00 bits per heavy atom. The molecule has 2 aromatic heterocycles. The number of methoxy groups -OCH3 is 1. The molecular formula is C22H22N8O4. The van der Waals surface area contributed by atoms with Crippen molar-refractivity contribution in [2.45, 2.75) is 6.54 Å². The number of amides is 2. The number of anilines is 3. The van der Waals surface area contributed by atoms with Crippen molar-refractivity contribution < 1.29 is 19.1 Å². The van der Waals surface area contributed by atoms with Crippen LogP contribution in [0.25, 0.3) is 0 Å². The van der Waals surface area contributed by atoms with E-state index in [-0.39, 0.29) is 29.8 Å². The third kappa shape index (κ3) is 3.94. The molecule has 0 unspecified atom stereocenters. The SMILES string of the molecule is COC(=O)c1ccc2c(c1)C(=O)N(c1n[nH]c(C(=O)Nc3cnccc3N3CCNCC3)n1)C2. The smallest absolute Gasteiger partial charge is 0.337 e. The van der Waals surface area contributed by atoms with Gasteiger partial charge in [0.25, 0.3) is 17.8 Å². The number of aromatic amines is 1. The molecule has 2 amide bonds. The van der Waals surface area contributed by atoms with Crippen LogP contribution in [-0.2, 0) is 11.3 Å². The highest BCUT2D eigenvalue weighted by atomic mass is 16.5. The molecule has 2 aliphatic heterocycles. The predicted octanol–water partition coefficient (Wildman–Crippen LogP) is 0.809. The normalized spacial score (nSPS) is 15.3. The van der Waals surface area contributed by atoms with E-state index < -0.39 is 11.9 Å². The van der Waals surface area contributed by atoms with Crippen molar-refractivity contribution >= 4 is 35.1 Å². The number of nitrogens with one attached hydrogen (secondary N) is 3. The number of nitrogens with zero attached hydrogens (tertiary/aromatic N) is 5. The molecule has 0 bridgehead atoms. The first-order valence-electron chi connectivity index (χ1n) is 10.7. The van der Waals surface area contributed by atoms with E-state index in [1.165, 1.54) is 18.1 Å². The van der Waals surface area contributed by atoms with Crippen molar-refractivity contribution in [2.75, 3.05) is 48.4 Å². The van der Waals surface area contributed by atoms with Gasteiger partial charge >= 0.3 is 5.97 Å². The van der Waals surface area contributed by atoms with E-state index >= 15 is 0 Å². The summed E-state index contributed by atoms with van der Waals surface area (Å²) in [7, 11) is 1.28. The van der Waals surface area contributed by atoms with Gasteiger partial charge in [0.05, 0.1) is 36.8 Å². The van der Waals surface area contributed by atoms with Crippen LogP contribution in [0.15, 0.2) is 36.7 Å². The van der Waals surface area contributed by atoms with E-state index in [9.17, 15) is 14.4 Å². The summed E-state index contributed by atoms with van der Waals surface area (Å²) in [6, 6.07) is 6.64. The molecule has 1 aromatic carbocycles. The second-order valence-corrected chi connectivity index (χ2v) is 7.82. The third-order valence-corrected chi connectivity index (χ3v) is 5.77. The van der Waals surface area contributed by atoms with E-state index in [0.717, 1.165) is 37.4 Å². The van der Waals surface area contributed by atoms with Crippen LogP contribution in [0.3, 0.4) is 0 Å². The number of ether oxygens (including phenoxy) is 1. The lowest BCUT2D eigenvalue weighted by Crippen LogP contribution is -2.43. The molecule has 5 rings (SSSR count). The van der Waals surface area contributed by atoms with E-state index in [2.05, 4.69) is 35.7 Å². The lowest BCUT2D eigenvalue weighted by Gasteiger charge is -2.30. The van der Waals surface area contributed by atoms with Crippen LogP contribution >= 0.6 is 0 Å². The fourth-order valence-electron chi connectivity index (χ4n) is 4.03.